The molecular formula is C38H43N2O11S3+. The van der Waals surface area contributed by atoms with Crippen LogP contribution in [0.2, 0.25) is 0 Å². The highest BCUT2D eigenvalue weighted by Crippen LogP contribution is 2.56. The van der Waals surface area contributed by atoms with Crippen LogP contribution in [0.4, 0.5) is 11.4 Å². The molecule has 288 valence electrons. The van der Waals surface area contributed by atoms with Crippen LogP contribution in [0.25, 0.3) is 0 Å². The van der Waals surface area contributed by atoms with Gasteiger partial charge in [0.2, 0.25) is 5.69 Å². The van der Waals surface area contributed by atoms with Crippen LogP contribution in [0.1, 0.15) is 63.1 Å². The molecule has 2 atom stereocenters. The van der Waals surface area contributed by atoms with E-state index in [1.54, 1.807) is 28.9 Å². The van der Waals surface area contributed by atoms with Crippen molar-refractivity contribution < 1.29 is 53.0 Å². The highest BCUT2D eigenvalue weighted by atomic mass is 32.2. The van der Waals surface area contributed by atoms with E-state index in [0.717, 1.165) is 52.2 Å². The number of esters is 1. The second-order valence-electron chi connectivity index (χ2n) is 14.5. The summed E-state index contributed by atoms with van der Waals surface area (Å²) in [6, 6.07) is 10.2. The summed E-state index contributed by atoms with van der Waals surface area (Å²) in [4.78, 5) is 13.8. The number of aryl methyl sites for hydroxylation is 1. The molecule has 2 unspecified atom stereocenters. The van der Waals surface area contributed by atoms with Crippen LogP contribution >= 0.6 is 0 Å². The molecular weight excluding hydrogens is 757 g/mol. The van der Waals surface area contributed by atoms with E-state index < -0.39 is 53.2 Å². The fraction of sp³-hybridized carbons (Fsp3) is 0.368. The zero-order valence-corrected chi connectivity index (χ0v) is 32.8. The van der Waals surface area contributed by atoms with E-state index in [1.807, 2.05) is 43.0 Å². The maximum Gasteiger partial charge on any atom is 0.308 e. The predicted molar refractivity (Wildman–Crippen MR) is 204 cm³/mol. The Morgan fingerprint density at radius 2 is 1.61 bits per heavy atom. The second kappa shape index (κ2) is 14.1. The molecule has 6 rings (SSSR count). The van der Waals surface area contributed by atoms with E-state index in [0.29, 0.717) is 24.1 Å². The van der Waals surface area contributed by atoms with Gasteiger partial charge in [-0.25, -0.2) is 0 Å². The van der Waals surface area contributed by atoms with Crippen LogP contribution in [-0.4, -0.2) is 79.8 Å². The largest absolute Gasteiger partial charge is 0.427 e. The van der Waals surface area contributed by atoms with Crippen molar-refractivity contribution in [2.24, 2.45) is 0 Å². The zero-order chi connectivity index (χ0) is 39.4. The van der Waals surface area contributed by atoms with E-state index in [-0.39, 0.29) is 29.2 Å². The number of rotatable bonds is 12. The quantitative estimate of drug-likeness (QED) is 0.0806. The minimum atomic E-state index is -4.50. The average molecular weight is 800 g/mol. The summed E-state index contributed by atoms with van der Waals surface area (Å²) in [5.41, 5.74) is 6.70. The predicted octanol–water partition coefficient (Wildman–Crippen LogP) is 5.48. The molecule has 0 bridgehead atoms. The van der Waals surface area contributed by atoms with Gasteiger partial charge in [0.05, 0.1) is 16.1 Å². The van der Waals surface area contributed by atoms with Crippen molar-refractivity contribution in [3.63, 3.8) is 0 Å². The zero-order valence-electron chi connectivity index (χ0n) is 30.3. The lowest BCUT2D eigenvalue weighted by Crippen LogP contribution is -2.30. The molecule has 2 heterocycles. The third-order valence-electron chi connectivity index (χ3n) is 10.7. The molecule has 13 nitrogen and oxygen atoms in total. The number of fused-ring (bicyclic) bond motifs is 6. The number of ether oxygens (including phenoxy) is 1. The molecule has 1 fully saturated rings. The molecule has 0 saturated heterocycles. The van der Waals surface area contributed by atoms with Crippen LogP contribution in [0.3, 0.4) is 0 Å². The lowest BCUT2D eigenvalue weighted by Gasteiger charge is -2.26. The van der Waals surface area contributed by atoms with Crippen LogP contribution in [-0.2, 0) is 50.7 Å². The van der Waals surface area contributed by atoms with Crippen LogP contribution in [0, 0.1) is 6.92 Å². The topological polar surface area (TPSA) is 196 Å². The van der Waals surface area contributed by atoms with Gasteiger partial charge in [0.1, 0.15) is 11.5 Å². The third-order valence-corrected chi connectivity index (χ3v) is 12.9. The molecule has 0 radical (unpaired) electrons. The lowest BCUT2D eigenvalue weighted by atomic mass is 9.81. The Labute approximate surface area is 316 Å². The summed E-state index contributed by atoms with van der Waals surface area (Å²) < 4.78 is 107. The van der Waals surface area contributed by atoms with E-state index in [4.69, 9.17) is 4.74 Å². The van der Waals surface area contributed by atoms with Crippen molar-refractivity contribution in [1.82, 2.24) is 0 Å². The van der Waals surface area contributed by atoms with Gasteiger partial charge < -0.3 is 9.64 Å². The van der Waals surface area contributed by atoms with Crippen molar-refractivity contribution in [1.29, 1.82) is 0 Å². The molecule has 2 aromatic carbocycles. The molecule has 0 aromatic heterocycles. The fourth-order valence-corrected chi connectivity index (χ4v) is 9.68. The average Bonchev–Trinajstić information content (AvgIpc) is 3.71. The summed E-state index contributed by atoms with van der Waals surface area (Å²) in [6.07, 6.45) is 13.1. The van der Waals surface area contributed by atoms with Gasteiger partial charge in [0.25, 0.3) is 30.4 Å². The highest BCUT2D eigenvalue weighted by Gasteiger charge is 2.54. The molecule has 54 heavy (non-hydrogen) atoms. The molecule has 4 aliphatic rings. The van der Waals surface area contributed by atoms with E-state index >= 15 is 0 Å². The van der Waals surface area contributed by atoms with Gasteiger partial charge in [-0.2, -0.15) is 29.8 Å². The van der Waals surface area contributed by atoms with E-state index in [9.17, 15) is 43.7 Å². The van der Waals surface area contributed by atoms with Gasteiger partial charge in [-0.1, -0.05) is 42.0 Å². The smallest absolute Gasteiger partial charge is 0.308 e. The third kappa shape index (κ3) is 7.81. The number of benzene rings is 2. The van der Waals surface area contributed by atoms with Crippen molar-refractivity contribution in [3.8, 4) is 0 Å². The Bertz CT molecular complexity index is 2480. The van der Waals surface area contributed by atoms with Crippen molar-refractivity contribution in [2.45, 2.75) is 69.1 Å². The first kappa shape index (κ1) is 39.5. The van der Waals surface area contributed by atoms with Gasteiger partial charge >= 0.3 is 5.97 Å². The number of hydrogen-bond donors (Lipinski definition) is 3. The van der Waals surface area contributed by atoms with E-state index in [1.165, 1.54) is 25.1 Å². The minimum Gasteiger partial charge on any atom is -0.427 e. The Morgan fingerprint density at radius 1 is 0.907 bits per heavy atom. The summed E-state index contributed by atoms with van der Waals surface area (Å²) in [5.74, 6) is -1.30. The standard InChI is InChI=1S/C38H42N2O11S3/c1-25-11-13-33-31(23-25)37(3)17-15-27(35(37)39(33)19-21-52(42,43)44)7-5-9-29(51-26(2)41)10-6-8-28-16-18-38(4)32-24-30(54(48,49)50)12-14-34(32)40(36(28)38)20-22-53(45,46)47/h5-14,23-24H,15-22H2,1-4H3,(H2-,42,43,44,45,46,47,48,49,50)/p+1. The Kier molecular flexibility index (Phi) is 10.3. The Hall–Kier alpha value is -4.19. The number of carbonyl (C=O) groups excluding carboxylic acids is 1. The number of anilines is 1. The molecule has 16 heteroatoms. The number of nitrogens with zero attached hydrogens (tertiary/aromatic N) is 2. The summed E-state index contributed by atoms with van der Waals surface area (Å²) in [5, 5.41) is 0. The Balaban J connectivity index is 1.32. The Morgan fingerprint density at radius 3 is 2.28 bits per heavy atom. The minimum absolute atomic E-state index is 0.0845. The maximum absolute atomic E-state index is 12.1. The van der Waals surface area contributed by atoms with Crippen LogP contribution < -0.4 is 4.90 Å². The van der Waals surface area contributed by atoms with Crippen molar-refractivity contribution in [2.75, 3.05) is 29.5 Å². The first-order valence-corrected chi connectivity index (χ1v) is 22.0. The summed E-state index contributed by atoms with van der Waals surface area (Å²) in [6.45, 7) is 7.33. The van der Waals surface area contributed by atoms with Crippen LogP contribution in [0.5, 0.6) is 0 Å². The normalized spacial score (nSPS) is 23.6. The highest BCUT2D eigenvalue weighted by molar-refractivity contribution is 7.86. The van der Waals surface area contributed by atoms with Crippen molar-refractivity contribution in [3.05, 3.63) is 112 Å². The molecule has 3 N–H and O–H groups in total. The maximum atomic E-state index is 12.1. The molecule has 0 amide bonds. The van der Waals surface area contributed by atoms with Crippen LogP contribution in [0.15, 0.2) is 100 Å². The van der Waals surface area contributed by atoms with Gasteiger partial charge in [0, 0.05) is 47.5 Å². The van der Waals surface area contributed by atoms with Crippen molar-refractivity contribution >= 4 is 53.4 Å². The first-order valence-electron chi connectivity index (χ1n) is 17.3. The SMILES string of the molecule is CC(=O)OC(C=CC=C1CCC2(C)C1=[N+](CCS(=O)(=O)O)c1ccc(S(=O)(=O)O)cc12)=CC=CC1=C2N(CCS(=O)(=O)O)c3ccc(C)cc3C2(C)CC1. The number of hydrogen-bond acceptors (Lipinski definition) is 9. The molecule has 2 aromatic rings. The fourth-order valence-electron chi connectivity index (χ4n) is 8.35. The lowest BCUT2D eigenvalue weighted by molar-refractivity contribution is -0.432. The number of allylic oxidation sites excluding steroid dienone is 9. The monoisotopic (exact) mass is 799 g/mol. The van der Waals surface area contributed by atoms with Gasteiger partial charge in [-0.3, -0.25) is 18.5 Å². The first-order chi connectivity index (χ1) is 25.1. The van der Waals surface area contributed by atoms with Gasteiger partial charge in [-0.05, 0) is 87.9 Å². The molecule has 0 spiro atoms. The summed E-state index contributed by atoms with van der Waals surface area (Å²) in [7, 11) is -13.0. The van der Waals surface area contributed by atoms with Gasteiger partial charge in [-0.15, -0.1) is 0 Å². The van der Waals surface area contributed by atoms with E-state index in [2.05, 4.69) is 13.0 Å². The van der Waals surface area contributed by atoms with Gasteiger partial charge in [0.15, 0.2) is 12.3 Å². The molecule has 2 aliphatic heterocycles. The molecule has 2 aliphatic carbocycles. The number of carbonyl (C=O) groups is 1. The second-order valence-corrected chi connectivity index (χ2v) is 19.1. The summed E-state index contributed by atoms with van der Waals surface area (Å²) >= 11 is 0. The molecule has 1 saturated carbocycles.